The standard InChI is InChI=1S/C19H18N4O2/c20-13-15-7-9-16(10-8-15)19-22-21-18(25-19)14-23(11-4-12-24)17-5-2-1-3-6-17/h1-3,5-10,24H,4,11-12,14H2. The second-order valence-electron chi connectivity index (χ2n) is 5.52. The number of nitrogens with zero attached hydrogens (tertiary/aromatic N) is 4. The van der Waals surface area contributed by atoms with Crippen LogP contribution in [-0.4, -0.2) is 28.5 Å². The van der Waals surface area contributed by atoms with Crippen LogP contribution in [-0.2, 0) is 6.54 Å². The maximum Gasteiger partial charge on any atom is 0.247 e. The third kappa shape index (κ3) is 4.22. The van der Waals surface area contributed by atoms with Gasteiger partial charge in [0.25, 0.3) is 0 Å². The minimum Gasteiger partial charge on any atom is -0.419 e. The van der Waals surface area contributed by atoms with Gasteiger partial charge in [-0.3, -0.25) is 0 Å². The summed E-state index contributed by atoms with van der Waals surface area (Å²) in [4.78, 5) is 2.09. The number of hydrogen-bond donors (Lipinski definition) is 1. The lowest BCUT2D eigenvalue weighted by Gasteiger charge is -2.22. The quantitative estimate of drug-likeness (QED) is 0.715. The zero-order valence-electron chi connectivity index (χ0n) is 13.7. The van der Waals surface area contributed by atoms with Gasteiger partial charge < -0.3 is 14.4 Å². The van der Waals surface area contributed by atoms with Crippen LogP contribution in [0, 0.1) is 11.3 Å². The Kier molecular flexibility index (Phi) is 5.39. The van der Waals surface area contributed by atoms with Gasteiger partial charge in [-0.1, -0.05) is 18.2 Å². The van der Waals surface area contributed by atoms with Crippen molar-refractivity contribution in [2.45, 2.75) is 13.0 Å². The van der Waals surface area contributed by atoms with Gasteiger partial charge in [-0.2, -0.15) is 5.26 Å². The molecule has 0 aliphatic carbocycles. The molecule has 0 radical (unpaired) electrons. The van der Waals surface area contributed by atoms with Gasteiger partial charge in [-0.15, -0.1) is 10.2 Å². The predicted octanol–water partition coefficient (Wildman–Crippen LogP) is 3.00. The molecule has 0 spiro atoms. The van der Waals surface area contributed by atoms with Crippen LogP contribution in [0.4, 0.5) is 5.69 Å². The first-order valence-corrected chi connectivity index (χ1v) is 8.04. The Morgan fingerprint density at radius 3 is 2.48 bits per heavy atom. The highest BCUT2D eigenvalue weighted by Crippen LogP contribution is 2.21. The predicted molar refractivity (Wildman–Crippen MR) is 93.6 cm³/mol. The molecule has 0 unspecified atom stereocenters. The second-order valence-corrected chi connectivity index (χ2v) is 5.52. The molecule has 0 bridgehead atoms. The summed E-state index contributed by atoms with van der Waals surface area (Å²) in [6, 6.07) is 19.0. The van der Waals surface area contributed by atoms with E-state index in [2.05, 4.69) is 21.2 Å². The monoisotopic (exact) mass is 334 g/mol. The van der Waals surface area contributed by atoms with Crippen LogP contribution in [0.5, 0.6) is 0 Å². The van der Waals surface area contributed by atoms with E-state index in [1.54, 1.807) is 24.3 Å². The number of para-hydroxylation sites is 1. The molecule has 3 aromatic rings. The van der Waals surface area contributed by atoms with Crippen LogP contribution >= 0.6 is 0 Å². The zero-order valence-corrected chi connectivity index (χ0v) is 13.7. The Bertz CT molecular complexity index is 838. The molecule has 0 aliphatic heterocycles. The van der Waals surface area contributed by atoms with Crippen molar-refractivity contribution >= 4 is 5.69 Å². The van der Waals surface area contributed by atoms with Gasteiger partial charge in [-0.05, 0) is 42.8 Å². The van der Waals surface area contributed by atoms with Crippen LogP contribution in [0.1, 0.15) is 17.9 Å². The van der Waals surface area contributed by atoms with Crippen LogP contribution in [0.3, 0.4) is 0 Å². The van der Waals surface area contributed by atoms with Gasteiger partial charge in [-0.25, -0.2) is 0 Å². The van der Waals surface area contributed by atoms with Crippen molar-refractivity contribution in [3.8, 4) is 17.5 Å². The van der Waals surface area contributed by atoms with Crippen LogP contribution < -0.4 is 4.90 Å². The van der Waals surface area contributed by atoms with Crippen molar-refractivity contribution in [1.82, 2.24) is 10.2 Å². The first-order chi connectivity index (χ1) is 12.3. The molecule has 0 saturated heterocycles. The van der Waals surface area contributed by atoms with E-state index in [9.17, 15) is 0 Å². The molecule has 1 N–H and O–H groups in total. The highest BCUT2D eigenvalue weighted by Gasteiger charge is 2.13. The minimum absolute atomic E-state index is 0.129. The molecular weight excluding hydrogens is 316 g/mol. The molecule has 0 fully saturated rings. The third-order valence-corrected chi connectivity index (χ3v) is 3.76. The lowest BCUT2D eigenvalue weighted by Crippen LogP contribution is -2.24. The van der Waals surface area contributed by atoms with Crippen molar-refractivity contribution < 1.29 is 9.52 Å². The smallest absolute Gasteiger partial charge is 0.247 e. The number of rotatable bonds is 7. The van der Waals surface area contributed by atoms with E-state index >= 15 is 0 Å². The zero-order chi connectivity index (χ0) is 17.5. The average molecular weight is 334 g/mol. The number of benzene rings is 2. The summed E-state index contributed by atoms with van der Waals surface area (Å²) in [5, 5.41) is 26.2. The van der Waals surface area contributed by atoms with Crippen molar-refractivity contribution in [2.75, 3.05) is 18.1 Å². The van der Waals surface area contributed by atoms with Crippen LogP contribution in [0.15, 0.2) is 59.0 Å². The van der Waals surface area contributed by atoms with E-state index < -0.39 is 0 Å². The van der Waals surface area contributed by atoms with Crippen LogP contribution in [0.2, 0.25) is 0 Å². The lowest BCUT2D eigenvalue weighted by molar-refractivity contribution is 0.289. The fourth-order valence-corrected chi connectivity index (χ4v) is 2.48. The first-order valence-electron chi connectivity index (χ1n) is 8.04. The van der Waals surface area contributed by atoms with E-state index in [-0.39, 0.29) is 6.61 Å². The van der Waals surface area contributed by atoms with E-state index in [0.717, 1.165) is 11.3 Å². The number of aliphatic hydroxyl groups is 1. The largest absolute Gasteiger partial charge is 0.419 e. The molecule has 6 nitrogen and oxygen atoms in total. The Hall–Kier alpha value is -3.17. The molecule has 25 heavy (non-hydrogen) atoms. The summed E-state index contributed by atoms with van der Waals surface area (Å²) in [6.45, 7) is 1.28. The Morgan fingerprint density at radius 2 is 1.80 bits per heavy atom. The van der Waals surface area contributed by atoms with Crippen molar-refractivity contribution in [3.63, 3.8) is 0 Å². The molecule has 6 heteroatoms. The Morgan fingerprint density at radius 1 is 1.04 bits per heavy atom. The number of aliphatic hydroxyl groups excluding tert-OH is 1. The Labute approximate surface area is 146 Å². The highest BCUT2D eigenvalue weighted by molar-refractivity contribution is 5.54. The van der Waals surface area contributed by atoms with E-state index in [1.807, 2.05) is 30.3 Å². The number of aromatic nitrogens is 2. The van der Waals surface area contributed by atoms with Crippen molar-refractivity contribution in [3.05, 3.63) is 66.1 Å². The second kappa shape index (κ2) is 8.08. The fraction of sp³-hybridized carbons (Fsp3) is 0.211. The third-order valence-electron chi connectivity index (χ3n) is 3.76. The molecule has 126 valence electrons. The van der Waals surface area contributed by atoms with Gasteiger partial charge in [0, 0.05) is 24.4 Å². The molecule has 0 saturated carbocycles. The molecule has 0 aliphatic rings. The summed E-state index contributed by atoms with van der Waals surface area (Å²) in [5.74, 6) is 0.927. The maximum atomic E-state index is 9.12. The van der Waals surface area contributed by atoms with Crippen molar-refractivity contribution in [1.29, 1.82) is 5.26 Å². The molecule has 1 aromatic heterocycles. The van der Waals surface area contributed by atoms with Gasteiger partial charge in [0.05, 0.1) is 18.2 Å². The topological polar surface area (TPSA) is 86.2 Å². The summed E-state index contributed by atoms with van der Waals surface area (Å²) in [5.41, 5.74) is 2.40. The average Bonchev–Trinajstić information content (AvgIpc) is 3.14. The lowest BCUT2D eigenvalue weighted by atomic mass is 10.1. The number of hydrogen-bond acceptors (Lipinski definition) is 6. The SMILES string of the molecule is N#Cc1ccc(-c2nnc(CN(CCCO)c3ccccc3)o2)cc1. The minimum atomic E-state index is 0.129. The summed E-state index contributed by atoms with van der Waals surface area (Å²) in [7, 11) is 0. The summed E-state index contributed by atoms with van der Waals surface area (Å²) < 4.78 is 5.77. The highest BCUT2D eigenvalue weighted by atomic mass is 16.4. The van der Waals surface area contributed by atoms with E-state index in [1.165, 1.54) is 0 Å². The number of nitriles is 1. The van der Waals surface area contributed by atoms with Gasteiger partial charge >= 0.3 is 0 Å². The van der Waals surface area contributed by atoms with Gasteiger partial charge in [0.2, 0.25) is 11.8 Å². The molecule has 0 atom stereocenters. The van der Waals surface area contributed by atoms with E-state index in [0.29, 0.717) is 36.9 Å². The van der Waals surface area contributed by atoms with Crippen LogP contribution in [0.25, 0.3) is 11.5 Å². The van der Waals surface area contributed by atoms with Crippen molar-refractivity contribution in [2.24, 2.45) is 0 Å². The summed E-state index contributed by atoms with van der Waals surface area (Å²) in [6.07, 6.45) is 0.658. The van der Waals surface area contributed by atoms with Gasteiger partial charge in [0.1, 0.15) is 0 Å². The molecule has 1 heterocycles. The first kappa shape index (κ1) is 16.7. The summed E-state index contributed by atoms with van der Waals surface area (Å²) >= 11 is 0. The molecule has 0 amide bonds. The Balaban J connectivity index is 1.76. The molecular formula is C19H18N4O2. The fourth-order valence-electron chi connectivity index (χ4n) is 2.48. The molecule has 3 rings (SSSR count). The normalized spacial score (nSPS) is 10.4. The maximum absolute atomic E-state index is 9.12. The number of anilines is 1. The van der Waals surface area contributed by atoms with E-state index in [4.69, 9.17) is 14.8 Å². The molecule has 2 aromatic carbocycles. The van der Waals surface area contributed by atoms with Gasteiger partial charge in [0.15, 0.2) is 0 Å².